The molecular formula is C4H10N2O2. The molecule has 0 unspecified atom stereocenters. The van der Waals surface area contributed by atoms with Crippen LogP contribution in [0.15, 0.2) is 12.7 Å². The smallest absolute Gasteiger partial charge is 0.418 e. The molecule has 0 saturated carbocycles. The van der Waals surface area contributed by atoms with Crippen molar-refractivity contribution in [2.75, 3.05) is 0 Å². The van der Waals surface area contributed by atoms with Gasteiger partial charge in [-0.15, -0.1) is 6.58 Å². The van der Waals surface area contributed by atoms with Crippen LogP contribution in [0.1, 0.15) is 6.92 Å². The number of rotatable bonds is 0. The van der Waals surface area contributed by atoms with Crippen LogP contribution >= 0.6 is 0 Å². The van der Waals surface area contributed by atoms with E-state index in [1.165, 1.54) is 5.43 Å². The van der Waals surface area contributed by atoms with Crippen LogP contribution in [-0.2, 0) is 0 Å². The number of carbonyl (C=O) groups is 1. The molecule has 0 aliphatic heterocycles. The van der Waals surface area contributed by atoms with Crippen molar-refractivity contribution < 1.29 is 9.90 Å². The van der Waals surface area contributed by atoms with E-state index in [4.69, 9.17) is 9.90 Å². The quantitative estimate of drug-likeness (QED) is 0.185. The number of nitrogens with two attached hydrogens (primary N) is 1. The van der Waals surface area contributed by atoms with Gasteiger partial charge in [-0.2, -0.15) is 0 Å². The van der Waals surface area contributed by atoms with Gasteiger partial charge in [-0.3, -0.25) is 5.43 Å². The minimum atomic E-state index is -1.22. The Morgan fingerprint density at radius 1 is 2.00 bits per heavy atom. The molecule has 4 heteroatoms. The molecule has 8 heavy (non-hydrogen) atoms. The summed E-state index contributed by atoms with van der Waals surface area (Å²) in [4.78, 5) is 9.13. The lowest BCUT2D eigenvalue weighted by Crippen LogP contribution is -2.27. The highest BCUT2D eigenvalue weighted by atomic mass is 16.4. The monoisotopic (exact) mass is 118 g/mol. The third-order valence-electron chi connectivity index (χ3n) is 0.123. The van der Waals surface area contributed by atoms with Gasteiger partial charge >= 0.3 is 6.09 Å². The summed E-state index contributed by atoms with van der Waals surface area (Å²) < 4.78 is 0. The van der Waals surface area contributed by atoms with Gasteiger partial charge in [0.1, 0.15) is 0 Å². The number of allylic oxidation sites excluding steroid dienone is 1. The zero-order chi connectivity index (χ0) is 6.99. The van der Waals surface area contributed by atoms with E-state index in [1.54, 1.807) is 6.08 Å². The van der Waals surface area contributed by atoms with Crippen LogP contribution in [0.5, 0.6) is 0 Å². The fraction of sp³-hybridized carbons (Fsp3) is 0.250. The summed E-state index contributed by atoms with van der Waals surface area (Å²) in [7, 11) is 0. The molecule has 48 valence electrons. The zero-order valence-corrected chi connectivity index (χ0v) is 4.72. The van der Waals surface area contributed by atoms with E-state index >= 15 is 0 Å². The number of nitrogens with one attached hydrogen (secondary N) is 1. The molecule has 0 aromatic rings. The van der Waals surface area contributed by atoms with Crippen LogP contribution in [0.2, 0.25) is 0 Å². The minimum Gasteiger partial charge on any atom is -0.464 e. The molecule has 0 spiro atoms. The van der Waals surface area contributed by atoms with Crippen molar-refractivity contribution in [3.63, 3.8) is 0 Å². The van der Waals surface area contributed by atoms with Crippen molar-refractivity contribution in [1.29, 1.82) is 0 Å². The molecule has 1 amide bonds. The molecule has 0 atom stereocenters. The third-order valence-corrected chi connectivity index (χ3v) is 0.123. The molecule has 0 saturated heterocycles. The molecule has 0 fully saturated rings. The molecule has 0 rings (SSSR count). The second-order valence-corrected chi connectivity index (χ2v) is 0.858. The lowest BCUT2D eigenvalue weighted by atomic mass is 10.8. The van der Waals surface area contributed by atoms with Crippen LogP contribution in [0.25, 0.3) is 0 Å². The molecule has 0 aliphatic carbocycles. The van der Waals surface area contributed by atoms with Gasteiger partial charge in [-0.05, 0) is 6.92 Å². The summed E-state index contributed by atoms with van der Waals surface area (Å²) in [6.45, 7) is 5.25. The van der Waals surface area contributed by atoms with Crippen molar-refractivity contribution in [1.82, 2.24) is 5.43 Å². The van der Waals surface area contributed by atoms with Crippen molar-refractivity contribution in [2.24, 2.45) is 5.84 Å². The van der Waals surface area contributed by atoms with Gasteiger partial charge in [-0.25, -0.2) is 10.6 Å². The fourth-order valence-electron chi connectivity index (χ4n) is 0. The number of amides is 1. The van der Waals surface area contributed by atoms with Crippen LogP contribution in [-0.4, -0.2) is 11.2 Å². The summed E-state index contributed by atoms with van der Waals surface area (Å²) >= 11 is 0. The van der Waals surface area contributed by atoms with E-state index < -0.39 is 6.09 Å². The lowest BCUT2D eigenvalue weighted by Gasteiger charge is -1.79. The predicted molar refractivity (Wildman–Crippen MR) is 31.2 cm³/mol. The van der Waals surface area contributed by atoms with Crippen LogP contribution in [0, 0.1) is 0 Å². The maximum Gasteiger partial charge on any atom is 0.418 e. The maximum absolute atomic E-state index is 9.13. The van der Waals surface area contributed by atoms with Crippen molar-refractivity contribution >= 4 is 6.09 Å². The first-order valence-electron chi connectivity index (χ1n) is 1.95. The van der Waals surface area contributed by atoms with Gasteiger partial charge in [0.2, 0.25) is 0 Å². The molecule has 0 aliphatic rings. The summed E-state index contributed by atoms with van der Waals surface area (Å²) in [5.74, 6) is 4.32. The average molecular weight is 118 g/mol. The maximum atomic E-state index is 9.13. The van der Waals surface area contributed by atoms with Gasteiger partial charge in [-0.1, -0.05) is 6.08 Å². The summed E-state index contributed by atoms with van der Waals surface area (Å²) in [6.07, 6.45) is 0.532. The first-order chi connectivity index (χ1) is 3.68. The molecule has 0 bridgehead atoms. The first-order valence-corrected chi connectivity index (χ1v) is 1.95. The normalized spacial score (nSPS) is 5.75. The lowest BCUT2D eigenvalue weighted by molar-refractivity contribution is 0.194. The molecule has 0 heterocycles. The van der Waals surface area contributed by atoms with Crippen LogP contribution in [0.4, 0.5) is 4.79 Å². The van der Waals surface area contributed by atoms with Crippen LogP contribution < -0.4 is 11.3 Å². The standard InChI is InChI=1S/C3H6.CH4N2O2/c1-3-2;2-3-1(4)5/h3H,1H2,2H3;3H,2H2,(H,4,5). The Bertz CT molecular complexity index is 72.4. The topological polar surface area (TPSA) is 75.3 Å². The second kappa shape index (κ2) is 9.36. The van der Waals surface area contributed by atoms with Gasteiger partial charge in [0, 0.05) is 0 Å². The van der Waals surface area contributed by atoms with E-state index in [-0.39, 0.29) is 0 Å². The van der Waals surface area contributed by atoms with Gasteiger partial charge < -0.3 is 5.11 Å². The summed E-state index contributed by atoms with van der Waals surface area (Å²) in [5.41, 5.74) is 1.44. The van der Waals surface area contributed by atoms with E-state index in [0.29, 0.717) is 0 Å². The predicted octanol–water partition coefficient (Wildman–Crippen LogP) is 0.320. The third kappa shape index (κ3) is 83.3. The first kappa shape index (κ1) is 10.1. The highest BCUT2D eigenvalue weighted by molar-refractivity contribution is 5.63. The number of hydrazine groups is 1. The van der Waals surface area contributed by atoms with E-state index in [0.717, 1.165) is 0 Å². The van der Waals surface area contributed by atoms with Crippen molar-refractivity contribution in [3.8, 4) is 0 Å². The SMILES string of the molecule is C=CC.NNC(=O)O. The van der Waals surface area contributed by atoms with Crippen molar-refractivity contribution in [2.45, 2.75) is 6.92 Å². The molecule has 0 aromatic heterocycles. The van der Waals surface area contributed by atoms with E-state index in [9.17, 15) is 0 Å². The fourth-order valence-corrected chi connectivity index (χ4v) is 0. The Kier molecular flexibility index (Phi) is 11.8. The highest BCUT2D eigenvalue weighted by Crippen LogP contribution is 1.42. The Balaban J connectivity index is 0. The zero-order valence-electron chi connectivity index (χ0n) is 4.72. The molecule has 0 aromatic carbocycles. The van der Waals surface area contributed by atoms with Crippen molar-refractivity contribution in [3.05, 3.63) is 12.7 Å². The largest absolute Gasteiger partial charge is 0.464 e. The Labute approximate surface area is 48.0 Å². The average Bonchev–Trinajstić information content (AvgIpc) is 1.69. The van der Waals surface area contributed by atoms with Gasteiger partial charge in [0.15, 0.2) is 0 Å². The highest BCUT2D eigenvalue weighted by Gasteiger charge is 1.77. The molecule has 0 radical (unpaired) electrons. The Morgan fingerprint density at radius 2 is 2.12 bits per heavy atom. The Morgan fingerprint density at radius 3 is 2.12 bits per heavy atom. The molecule has 4 N–H and O–H groups in total. The molecule has 4 nitrogen and oxygen atoms in total. The minimum absolute atomic E-state index is 1.22. The second-order valence-electron chi connectivity index (χ2n) is 0.858. The Hall–Kier alpha value is -1.03. The summed E-state index contributed by atoms with van der Waals surface area (Å²) in [5, 5.41) is 7.49. The van der Waals surface area contributed by atoms with Gasteiger partial charge in [0.05, 0.1) is 0 Å². The number of carboxylic acid groups (broad SMARTS) is 1. The van der Waals surface area contributed by atoms with Crippen LogP contribution in [0.3, 0.4) is 0 Å². The van der Waals surface area contributed by atoms with Gasteiger partial charge in [0.25, 0.3) is 0 Å². The number of hydrogen-bond acceptors (Lipinski definition) is 2. The van der Waals surface area contributed by atoms with E-state index in [1.807, 2.05) is 6.92 Å². The number of hydrogen-bond donors (Lipinski definition) is 3. The molecular weight excluding hydrogens is 108 g/mol. The summed E-state index contributed by atoms with van der Waals surface area (Å²) in [6, 6.07) is 0. The van der Waals surface area contributed by atoms with E-state index in [2.05, 4.69) is 12.4 Å².